The summed E-state index contributed by atoms with van der Waals surface area (Å²) in [5, 5.41) is 2.85. The molecule has 1 amide bonds. The standard InChI is InChI=1S/C12H17NO2S/c1-9-4-5-10(16)8-11(9)12(14)13-6-3-7-15-2/h4-5,8,16H,3,6-7H2,1-2H3,(H,13,14). The van der Waals surface area contributed by atoms with Gasteiger partial charge in [0, 0.05) is 30.7 Å². The molecule has 1 N–H and O–H groups in total. The Kier molecular flexibility index (Phi) is 5.35. The summed E-state index contributed by atoms with van der Waals surface area (Å²) in [7, 11) is 1.65. The highest BCUT2D eigenvalue weighted by molar-refractivity contribution is 7.80. The summed E-state index contributed by atoms with van der Waals surface area (Å²) < 4.78 is 4.91. The van der Waals surface area contributed by atoms with Crippen LogP contribution in [0, 0.1) is 6.92 Å². The highest BCUT2D eigenvalue weighted by Crippen LogP contribution is 2.13. The number of rotatable bonds is 5. The Labute approximate surface area is 102 Å². The van der Waals surface area contributed by atoms with Gasteiger partial charge < -0.3 is 10.1 Å². The third-order valence-corrected chi connectivity index (χ3v) is 2.55. The topological polar surface area (TPSA) is 38.3 Å². The maximum Gasteiger partial charge on any atom is 0.251 e. The first kappa shape index (κ1) is 13.1. The zero-order chi connectivity index (χ0) is 12.0. The molecule has 1 rings (SSSR count). The number of benzene rings is 1. The molecule has 0 aromatic heterocycles. The smallest absolute Gasteiger partial charge is 0.251 e. The first-order valence-corrected chi connectivity index (χ1v) is 5.66. The Bertz CT molecular complexity index is 366. The van der Waals surface area contributed by atoms with Gasteiger partial charge >= 0.3 is 0 Å². The molecule has 0 radical (unpaired) electrons. The number of methoxy groups -OCH3 is 1. The molecule has 0 atom stereocenters. The third kappa shape index (κ3) is 3.87. The number of carbonyl (C=O) groups is 1. The Morgan fingerprint density at radius 3 is 2.94 bits per heavy atom. The monoisotopic (exact) mass is 239 g/mol. The number of hydrogen-bond donors (Lipinski definition) is 2. The fourth-order valence-corrected chi connectivity index (χ4v) is 1.57. The van der Waals surface area contributed by atoms with E-state index in [1.165, 1.54) is 0 Å². The van der Waals surface area contributed by atoms with Crippen molar-refractivity contribution >= 4 is 18.5 Å². The molecular weight excluding hydrogens is 222 g/mol. The van der Waals surface area contributed by atoms with E-state index in [2.05, 4.69) is 17.9 Å². The number of aryl methyl sites for hydroxylation is 1. The molecule has 0 saturated heterocycles. The molecule has 1 aromatic carbocycles. The fraction of sp³-hybridized carbons (Fsp3) is 0.417. The van der Waals surface area contributed by atoms with Gasteiger partial charge in [-0.1, -0.05) is 6.07 Å². The van der Waals surface area contributed by atoms with E-state index in [1.54, 1.807) is 13.2 Å². The van der Waals surface area contributed by atoms with E-state index in [4.69, 9.17) is 4.74 Å². The maximum atomic E-state index is 11.8. The van der Waals surface area contributed by atoms with Gasteiger partial charge in [0.15, 0.2) is 0 Å². The molecule has 3 nitrogen and oxygen atoms in total. The van der Waals surface area contributed by atoms with E-state index in [0.717, 1.165) is 16.9 Å². The van der Waals surface area contributed by atoms with Crippen LogP contribution in [-0.4, -0.2) is 26.2 Å². The predicted octanol–water partition coefficient (Wildman–Crippen LogP) is 2.05. The van der Waals surface area contributed by atoms with Crippen LogP contribution in [0.3, 0.4) is 0 Å². The molecule has 88 valence electrons. The molecule has 16 heavy (non-hydrogen) atoms. The van der Waals surface area contributed by atoms with E-state index < -0.39 is 0 Å². The van der Waals surface area contributed by atoms with Gasteiger partial charge in [-0.15, -0.1) is 12.6 Å². The molecule has 0 unspecified atom stereocenters. The molecule has 0 aliphatic carbocycles. The van der Waals surface area contributed by atoms with Crippen LogP contribution in [0.15, 0.2) is 23.1 Å². The van der Waals surface area contributed by atoms with Gasteiger partial charge in [-0.05, 0) is 31.0 Å². The average Bonchev–Trinajstić information content (AvgIpc) is 2.27. The van der Waals surface area contributed by atoms with Gasteiger partial charge in [-0.2, -0.15) is 0 Å². The van der Waals surface area contributed by atoms with Crippen molar-refractivity contribution in [3.8, 4) is 0 Å². The van der Waals surface area contributed by atoms with Crippen molar-refractivity contribution in [1.82, 2.24) is 5.32 Å². The van der Waals surface area contributed by atoms with Crippen LogP contribution in [0.1, 0.15) is 22.3 Å². The third-order valence-electron chi connectivity index (χ3n) is 2.28. The van der Waals surface area contributed by atoms with Gasteiger partial charge in [0.25, 0.3) is 5.91 Å². The quantitative estimate of drug-likeness (QED) is 0.609. The van der Waals surface area contributed by atoms with Crippen molar-refractivity contribution in [2.45, 2.75) is 18.2 Å². The highest BCUT2D eigenvalue weighted by Gasteiger charge is 2.08. The lowest BCUT2D eigenvalue weighted by atomic mass is 10.1. The second-order valence-electron chi connectivity index (χ2n) is 3.60. The Morgan fingerprint density at radius 2 is 2.25 bits per heavy atom. The van der Waals surface area contributed by atoms with Crippen molar-refractivity contribution in [1.29, 1.82) is 0 Å². The lowest BCUT2D eigenvalue weighted by Gasteiger charge is -2.08. The number of amides is 1. The molecule has 0 fully saturated rings. The largest absolute Gasteiger partial charge is 0.385 e. The first-order chi connectivity index (χ1) is 7.65. The molecule has 0 bridgehead atoms. The van der Waals surface area contributed by atoms with Gasteiger partial charge in [0.2, 0.25) is 0 Å². The summed E-state index contributed by atoms with van der Waals surface area (Å²) in [6.45, 7) is 3.20. The zero-order valence-electron chi connectivity index (χ0n) is 9.62. The van der Waals surface area contributed by atoms with Crippen LogP contribution >= 0.6 is 12.6 Å². The number of ether oxygens (including phenoxy) is 1. The summed E-state index contributed by atoms with van der Waals surface area (Å²) in [5.41, 5.74) is 1.65. The number of hydrogen-bond acceptors (Lipinski definition) is 3. The van der Waals surface area contributed by atoms with Gasteiger partial charge in [-0.25, -0.2) is 0 Å². The minimum absolute atomic E-state index is 0.0514. The number of thiol groups is 1. The van der Waals surface area contributed by atoms with Crippen molar-refractivity contribution < 1.29 is 9.53 Å². The Hall–Kier alpha value is -1.00. The zero-order valence-corrected chi connectivity index (χ0v) is 10.5. The van der Waals surface area contributed by atoms with E-state index in [1.807, 2.05) is 19.1 Å². The van der Waals surface area contributed by atoms with Gasteiger partial charge in [0.05, 0.1) is 0 Å². The lowest BCUT2D eigenvalue weighted by Crippen LogP contribution is -2.25. The highest BCUT2D eigenvalue weighted by atomic mass is 32.1. The summed E-state index contributed by atoms with van der Waals surface area (Å²) in [6.07, 6.45) is 0.821. The summed E-state index contributed by atoms with van der Waals surface area (Å²) >= 11 is 4.22. The van der Waals surface area contributed by atoms with E-state index >= 15 is 0 Å². The summed E-state index contributed by atoms with van der Waals surface area (Å²) in [5.74, 6) is -0.0514. The molecule has 0 spiro atoms. The van der Waals surface area contributed by atoms with Crippen LogP contribution in [0.4, 0.5) is 0 Å². The van der Waals surface area contributed by atoms with Crippen molar-refractivity contribution in [3.63, 3.8) is 0 Å². The molecule has 0 aliphatic heterocycles. The SMILES string of the molecule is COCCCNC(=O)c1cc(S)ccc1C. The predicted molar refractivity (Wildman–Crippen MR) is 67.3 cm³/mol. The summed E-state index contributed by atoms with van der Waals surface area (Å²) in [6, 6.07) is 5.55. The molecule has 0 saturated carbocycles. The van der Waals surface area contributed by atoms with E-state index in [0.29, 0.717) is 18.7 Å². The van der Waals surface area contributed by atoms with Crippen LogP contribution in [0.2, 0.25) is 0 Å². The fourth-order valence-electron chi connectivity index (χ4n) is 1.37. The molecule has 1 aromatic rings. The Morgan fingerprint density at radius 1 is 1.50 bits per heavy atom. The summed E-state index contributed by atoms with van der Waals surface area (Å²) in [4.78, 5) is 12.6. The normalized spacial score (nSPS) is 10.2. The average molecular weight is 239 g/mol. The van der Waals surface area contributed by atoms with Crippen molar-refractivity contribution in [3.05, 3.63) is 29.3 Å². The molecule has 0 heterocycles. The molecule has 4 heteroatoms. The second-order valence-corrected chi connectivity index (χ2v) is 4.12. The number of nitrogens with one attached hydrogen (secondary N) is 1. The first-order valence-electron chi connectivity index (χ1n) is 5.22. The lowest BCUT2D eigenvalue weighted by molar-refractivity contribution is 0.0948. The van der Waals surface area contributed by atoms with E-state index in [9.17, 15) is 4.79 Å². The van der Waals surface area contributed by atoms with Gasteiger partial charge in [0.1, 0.15) is 0 Å². The molecule has 0 aliphatic rings. The van der Waals surface area contributed by atoms with Crippen LogP contribution in [-0.2, 0) is 4.74 Å². The van der Waals surface area contributed by atoms with Crippen molar-refractivity contribution in [2.24, 2.45) is 0 Å². The number of carbonyl (C=O) groups excluding carboxylic acids is 1. The Balaban J connectivity index is 2.55. The van der Waals surface area contributed by atoms with Crippen LogP contribution in [0.5, 0.6) is 0 Å². The van der Waals surface area contributed by atoms with Crippen LogP contribution in [0.25, 0.3) is 0 Å². The minimum Gasteiger partial charge on any atom is -0.385 e. The molecular formula is C12H17NO2S. The minimum atomic E-state index is -0.0514. The van der Waals surface area contributed by atoms with Gasteiger partial charge in [-0.3, -0.25) is 4.79 Å². The van der Waals surface area contributed by atoms with Crippen LogP contribution < -0.4 is 5.32 Å². The maximum absolute atomic E-state index is 11.8. The van der Waals surface area contributed by atoms with Crippen molar-refractivity contribution in [2.75, 3.05) is 20.3 Å². The van der Waals surface area contributed by atoms with E-state index in [-0.39, 0.29) is 5.91 Å². The second kappa shape index (κ2) is 6.55.